The molecule has 1 aromatic rings. The Morgan fingerprint density at radius 3 is 2.17 bits per heavy atom. The van der Waals surface area contributed by atoms with E-state index in [-0.39, 0.29) is 0 Å². The Morgan fingerprint density at radius 1 is 1.17 bits per heavy atom. The minimum absolute atomic E-state index is 0.551. The second kappa shape index (κ2) is 6.74. The zero-order chi connectivity index (χ0) is 13.7. The van der Waals surface area contributed by atoms with Gasteiger partial charge in [0, 0.05) is 42.8 Å². The number of anilines is 1. The molecule has 0 bridgehead atoms. The summed E-state index contributed by atoms with van der Waals surface area (Å²) >= 11 is 0. The largest absolute Gasteiger partial charge is 0.371 e. The van der Waals surface area contributed by atoms with Gasteiger partial charge in [-0.3, -0.25) is 4.98 Å². The topological polar surface area (TPSA) is 42.1 Å². The number of nitrogens with two attached hydrogens (primary N) is 1. The van der Waals surface area contributed by atoms with E-state index in [9.17, 15) is 0 Å². The van der Waals surface area contributed by atoms with Crippen LogP contribution in [-0.2, 0) is 6.54 Å². The van der Waals surface area contributed by atoms with Crippen LogP contribution in [0.15, 0.2) is 12.3 Å². The summed E-state index contributed by atoms with van der Waals surface area (Å²) in [5.41, 5.74) is 9.29. The van der Waals surface area contributed by atoms with Gasteiger partial charge in [0.15, 0.2) is 0 Å². The molecule has 0 unspecified atom stereocenters. The molecular weight excluding hydrogens is 222 g/mol. The van der Waals surface area contributed by atoms with Gasteiger partial charge < -0.3 is 10.6 Å². The van der Waals surface area contributed by atoms with Crippen molar-refractivity contribution >= 4 is 5.69 Å². The summed E-state index contributed by atoms with van der Waals surface area (Å²) in [6.45, 7) is 13.7. The van der Waals surface area contributed by atoms with Crippen LogP contribution < -0.4 is 10.6 Å². The number of hydrogen-bond acceptors (Lipinski definition) is 3. The molecule has 18 heavy (non-hydrogen) atoms. The molecule has 0 radical (unpaired) electrons. The Balaban J connectivity index is 3.05. The summed E-state index contributed by atoms with van der Waals surface area (Å²) in [4.78, 5) is 6.80. The number of pyridine rings is 1. The third-order valence-corrected chi connectivity index (χ3v) is 2.83. The number of aromatic nitrogens is 1. The third-order valence-electron chi connectivity index (χ3n) is 2.83. The number of nitrogens with zero attached hydrogens (tertiary/aromatic N) is 2. The Hall–Kier alpha value is -1.09. The zero-order valence-corrected chi connectivity index (χ0v) is 12.4. The first-order chi connectivity index (χ1) is 8.43. The number of aryl methyl sites for hydroxylation is 1. The van der Waals surface area contributed by atoms with E-state index in [1.54, 1.807) is 0 Å². The summed E-state index contributed by atoms with van der Waals surface area (Å²) in [6.07, 6.45) is 1.92. The lowest BCUT2D eigenvalue weighted by molar-refractivity contribution is 0.551. The molecule has 1 heterocycles. The van der Waals surface area contributed by atoms with Crippen molar-refractivity contribution < 1.29 is 0 Å². The summed E-state index contributed by atoms with van der Waals surface area (Å²) in [7, 11) is 0. The minimum Gasteiger partial charge on any atom is -0.371 e. The van der Waals surface area contributed by atoms with Crippen LogP contribution in [0.2, 0.25) is 0 Å². The van der Waals surface area contributed by atoms with Gasteiger partial charge in [-0.25, -0.2) is 0 Å². The van der Waals surface area contributed by atoms with Crippen LogP contribution in [-0.4, -0.2) is 18.1 Å². The quantitative estimate of drug-likeness (QED) is 0.843. The molecule has 0 aromatic carbocycles. The van der Waals surface area contributed by atoms with Gasteiger partial charge in [0.05, 0.1) is 0 Å². The molecule has 0 aliphatic carbocycles. The maximum absolute atomic E-state index is 5.83. The predicted octanol–water partition coefficient (Wildman–Crippen LogP) is 2.97. The highest BCUT2D eigenvalue weighted by molar-refractivity contribution is 5.53. The smallest absolute Gasteiger partial charge is 0.0445 e. The van der Waals surface area contributed by atoms with E-state index in [1.807, 2.05) is 13.1 Å². The summed E-state index contributed by atoms with van der Waals surface area (Å²) in [5, 5.41) is 0. The molecule has 0 spiro atoms. The van der Waals surface area contributed by atoms with Crippen LogP contribution in [0.1, 0.15) is 39.0 Å². The maximum Gasteiger partial charge on any atom is 0.0445 e. The second-order valence-corrected chi connectivity index (χ2v) is 5.85. The fourth-order valence-corrected chi connectivity index (χ4v) is 2.18. The number of hydrogen-bond donors (Lipinski definition) is 1. The molecule has 0 fully saturated rings. The van der Waals surface area contributed by atoms with Crippen molar-refractivity contribution in [3.05, 3.63) is 23.5 Å². The van der Waals surface area contributed by atoms with Gasteiger partial charge in [-0.1, -0.05) is 27.7 Å². The first-order valence-corrected chi connectivity index (χ1v) is 6.84. The van der Waals surface area contributed by atoms with Crippen LogP contribution >= 0.6 is 0 Å². The number of rotatable bonds is 6. The van der Waals surface area contributed by atoms with Crippen molar-refractivity contribution in [1.82, 2.24) is 4.98 Å². The SMILES string of the molecule is Cc1cc(N(CC(C)C)CC(C)C)c(CN)cn1. The molecule has 0 saturated carbocycles. The molecule has 2 N–H and O–H groups in total. The average Bonchev–Trinajstić information content (AvgIpc) is 2.26. The average molecular weight is 249 g/mol. The van der Waals surface area contributed by atoms with Crippen molar-refractivity contribution in [3.63, 3.8) is 0 Å². The Kier molecular flexibility index (Phi) is 5.60. The molecular formula is C15H27N3. The summed E-state index contributed by atoms with van der Waals surface area (Å²) in [5.74, 6) is 1.28. The normalized spacial score (nSPS) is 11.3. The van der Waals surface area contributed by atoms with E-state index in [0.717, 1.165) is 24.3 Å². The lowest BCUT2D eigenvalue weighted by Gasteiger charge is -2.30. The van der Waals surface area contributed by atoms with E-state index >= 15 is 0 Å². The zero-order valence-electron chi connectivity index (χ0n) is 12.4. The molecule has 0 aliphatic heterocycles. The van der Waals surface area contributed by atoms with E-state index in [2.05, 4.69) is 43.6 Å². The highest BCUT2D eigenvalue weighted by atomic mass is 15.1. The lowest BCUT2D eigenvalue weighted by Crippen LogP contribution is -2.32. The van der Waals surface area contributed by atoms with Gasteiger partial charge in [-0.2, -0.15) is 0 Å². The lowest BCUT2D eigenvalue weighted by atomic mass is 10.1. The first-order valence-electron chi connectivity index (χ1n) is 6.84. The molecule has 0 saturated heterocycles. The monoisotopic (exact) mass is 249 g/mol. The molecule has 0 atom stereocenters. The Labute approximate surface area is 111 Å². The van der Waals surface area contributed by atoms with Crippen molar-refractivity contribution in [1.29, 1.82) is 0 Å². The molecule has 3 nitrogen and oxygen atoms in total. The molecule has 1 aromatic heterocycles. The van der Waals surface area contributed by atoms with Gasteiger partial charge in [0.25, 0.3) is 0 Å². The fourth-order valence-electron chi connectivity index (χ4n) is 2.18. The van der Waals surface area contributed by atoms with Crippen LogP contribution in [0, 0.1) is 18.8 Å². The molecule has 0 aliphatic rings. The second-order valence-electron chi connectivity index (χ2n) is 5.85. The molecule has 102 valence electrons. The van der Waals surface area contributed by atoms with Crippen LogP contribution in [0.5, 0.6) is 0 Å². The highest BCUT2D eigenvalue weighted by Crippen LogP contribution is 2.22. The van der Waals surface area contributed by atoms with E-state index in [0.29, 0.717) is 18.4 Å². The molecule has 3 heteroatoms. The first kappa shape index (κ1) is 15.0. The standard InChI is InChI=1S/C15H27N3/c1-11(2)9-18(10-12(3)4)15-6-13(5)17-8-14(15)7-16/h6,8,11-12H,7,9-10,16H2,1-5H3. The van der Waals surface area contributed by atoms with Crippen molar-refractivity contribution in [2.75, 3.05) is 18.0 Å². The van der Waals surface area contributed by atoms with E-state index in [1.165, 1.54) is 5.69 Å². The van der Waals surface area contributed by atoms with Crippen LogP contribution in [0.4, 0.5) is 5.69 Å². The van der Waals surface area contributed by atoms with Gasteiger partial charge in [-0.05, 0) is 24.8 Å². The summed E-state index contributed by atoms with van der Waals surface area (Å²) < 4.78 is 0. The molecule has 1 rings (SSSR count). The Morgan fingerprint density at radius 2 is 1.72 bits per heavy atom. The van der Waals surface area contributed by atoms with Crippen molar-refractivity contribution in [2.24, 2.45) is 17.6 Å². The van der Waals surface area contributed by atoms with Gasteiger partial charge in [0.1, 0.15) is 0 Å². The molecule has 0 amide bonds. The highest BCUT2D eigenvalue weighted by Gasteiger charge is 2.14. The summed E-state index contributed by atoms with van der Waals surface area (Å²) in [6, 6.07) is 2.16. The maximum atomic E-state index is 5.83. The third kappa shape index (κ3) is 4.30. The van der Waals surface area contributed by atoms with Crippen molar-refractivity contribution in [3.8, 4) is 0 Å². The van der Waals surface area contributed by atoms with Crippen molar-refractivity contribution in [2.45, 2.75) is 41.2 Å². The fraction of sp³-hybridized carbons (Fsp3) is 0.667. The van der Waals surface area contributed by atoms with Crippen LogP contribution in [0.3, 0.4) is 0 Å². The van der Waals surface area contributed by atoms with E-state index in [4.69, 9.17) is 5.73 Å². The Bertz CT molecular complexity index is 362. The minimum atomic E-state index is 0.551. The van der Waals surface area contributed by atoms with Gasteiger partial charge >= 0.3 is 0 Å². The predicted molar refractivity (Wildman–Crippen MR) is 78.8 cm³/mol. The van der Waals surface area contributed by atoms with Gasteiger partial charge in [-0.15, -0.1) is 0 Å². The van der Waals surface area contributed by atoms with Crippen LogP contribution in [0.25, 0.3) is 0 Å². The van der Waals surface area contributed by atoms with E-state index < -0.39 is 0 Å². The van der Waals surface area contributed by atoms with Gasteiger partial charge in [0.2, 0.25) is 0 Å².